The Morgan fingerprint density at radius 1 is 0.446 bits per heavy atom. The molecule has 8 aromatic rings. The van der Waals surface area contributed by atoms with Gasteiger partial charge in [-0.2, -0.15) is 0 Å². The number of aliphatic carboxylic acids is 2. The summed E-state index contributed by atoms with van der Waals surface area (Å²) in [4.78, 5) is 73.0. The standard InChI is InChI=1S/2C35H37FN2O7.2Na/c2*1-21(2)38-29(16-15-27(39)18-28(40)19-30(41)42)31(24-11-13-26(36)14-12-24)32(23-8-4-3-5-9-23)33(38)34(43)37-20-22-7-6-10-25(17-22)35(44)45;;/h2*3-14,17,21,27-28,39-40H,15-16,18-20H2,1-2H3,(H,37,43)(H,41,42)(H,44,45);;/q;;2*+1/p-2/t2*27-,28-;;/m11../s1. The van der Waals surface area contributed by atoms with E-state index in [0.717, 1.165) is 11.1 Å². The molecular formula is C70H72F2N4Na2O14. The largest absolute Gasteiger partial charge is 1.00 e. The second-order valence-corrected chi connectivity index (χ2v) is 22.5. The molecule has 0 radical (unpaired) electrons. The Labute approximate surface area is 576 Å². The number of nitrogens with zero attached hydrogens (tertiary/aromatic N) is 2. The molecule has 2 aromatic heterocycles. The van der Waals surface area contributed by atoms with Crippen LogP contribution >= 0.6 is 0 Å². The van der Waals surface area contributed by atoms with Crippen molar-refractivity contribution in [3.05, 3.63) is 214 Å². The SMILES string of the molecule is CC(C)n1c(CC[C@@H](O)C[C@@H](O)CC(=O)O)c(-c2ccc(F)cc2)c(-c2ccccc2)c1C(=O)NCc1cccc(C(=O)[O-])c1.CC(C)n1c(CC[C@@H](O)C[C@@H](O)CC(=O)O)c(-c2ccc(F)cc2)c(-c2ccccc2)c1C(=O)NCc1cccc(C(=O)[O-])c1.[Na+].[Na+]. The zero-order valence-corrected chi connectivity index (χ0v) is 56.1. The van der Waals surface area contributed by atoms with E-state index >= 15 is 0 Å². The van der Waals surface area contributed by atoms with Crippen LogP contribution in [-0.4, -0.2) is 99.9 Å². The molecule has 8 rings (SSSR count). The van der Waals surface area contributed by atoms with Gasteiger partial charge in [-0.25, -0.2) is 8.78 Å². The number of hydrogen-bond donors (Lipinski definition) is 8. The first-order chi connectivity index (χ1) is 42.9. The third-order valence-electron chi connectivity index (χ3n) is 15.0. The van der Waals surface area contributed by atoms with Crippen LogP contribution in [0.1, 0.15) is 143 Å². The van der Waals surface area contributed by atoms with Crippen LogP contribution in [0.25, 0.3) is 44.5 Å². The van der Waals surface area contributed by atoms with Crippen molar-refractivity contribution < 1.29 is 138 Å². The van der Waals surface area contributed by atoms with Crippen molar-refractivity contribution >= 4 is 35.7 Å². The van der Waals surface area contributed by atoms with Crippen LogP contribution in [-0.2, 0) is 35.5 Å². The molecular weight excluding hydrogens is 1200 g/mol. The van der Waals surface area contributed by atoms with E-state index in [0.29, 0.717) is 67.3 Å². The van der Waals surface area contributed by atoms with E-state index in [4.69, 9.17) is 10.2 Å². The summed E-state index contributed by atoms with van der Waals surface area (Å²) in [5.74, 6) is -6.69. The molecule has 0 unspecified atom stereocenters. The number of carbonyl (C=O) groups excluding carboxylic acids is 4. The number of aliphatic hydroxyl groups excluding tert-OH is 4. The molecule has 92 heavy (non-hydrogen) atoms. The average Bonchev–Trinajstić information content (AvgIpc) is 1.60. The molecule has 22 heteroatoms. The number of rotatable bonds is 28. The number of carboxylic acid groups (broad SMARTS) is 4. The van der Waals surface area contributed by atoms with E-state index in [2.05, 4.69) is 10.6 Å². The van der Waals surface area contributed by atoms with Crippen molar-refractivity contribution in [1.29, 1.82) is 0 Å². The Morgan fingerprint density at radius 3 is 1.08 bits per heavy atom. The monoisotopic (exact) mass is 1280 g/mol. The van der Waals surface area contributed by atoms with Crippen LogP contribution in [0.2, 0.25) is 0 Å². The number of aromatic nitrogens is 2. The van der Waals surface area contributed by atoms with Gasteiger partial charge in [-0.15, -0.1) is 0 Å². The van der Waals surface area contributed by atoms with E-state index in [1.807, 2.05) is 97.5 Å². The first-order valence-electron chi connectivity index (χ1n) is 29.4. The molecule has 0 fully saturated rings. The van der Waals surface area contributed by atoms with Gasteiger partial charge in [-0.1, -0.05) is 121 Å². The van der Waals surface area contributed by atoms with Crippen LogP contribution in [0, 0.1) is 11.6 Å². The molecule has 2 amide bonds. The Hall–Kier alpha value is -7.60. The summed E-state index contributed by atoms with van der Waals surface area (Å²) in [5, 5.41) is 88.3. The van der Waals surface area contributed by atoms with Gasteiger partial charge in [0, 0.05) is 58.8 Å². The van der Waals surface area contributed by atoms with Gasteiger partial charge in [0.2, 0.25) is 0 Å². The normalized spacial score (nSPS) is 12.3. The minimum Gasteiger partial charge on any atom is -0.545 e. The molecule has 0 bridgehead atoms. The van der Waals surface area contributed by atoms with Crippen molar-refractivity contribution in [2.75, 3.05) is 0 Å². The number of benzene rings is 6. The quantitative estimate of drug-likeness (QED) is 0.0327. The fourth-order valence-electron chi connectivity index (χ4n) is 11.2. The van der Waals surface area contributed by atoms with Gasteiger partial charge in [-0.3, -0.25) is 19.2 Å². The molecule has 18 nitrogen and oxygen atoms in total. The predicted octanol–water partition coefficient (Wildman–Crippen LogP) is 2.72. The number of carboxylic acids is 4. The second-order valence-electron chi connectivity index (χ2n) is 22.5. The number of halogens is 2. The Balaban J connectivity index is 0.000000327. The summed E-state index contributed by atoms with van der Waals surface area (Å²) in [6.07, 6.45) is -4.91. The summed E-state index contributed by atoms with van der Waals surface area (Å²) in [5.41, 5.74) is 8.53. The molecule has 0 spiro atoms. The van der Waals surface area contributed by atoms with E-state index in [1.54, 1.807) is 48.5 Å². The molecule has 6 aromatic carbocycles. The van der Waals surface area contributed by atoms with Crippen LogP contribution in [0.5, 0.6) is 0 Å². The smallest absolute Gasteiger partial charge is 0.545 e. The molecule has 472 valence electrons. The molecule has 0 saturated heterocycles. The molecule has 0 aliphatic carbocycles. The topological polar surface area (TPSA) is 304 Å². The number of carbonyl (C=O) groups is 6. The van der Waals surface area contributed by atoms with Crippen LogP contribution < -0.4 is 80.0 Å². The van der Waals surface area contributed by atoms with Gasteiger partial charge in [0.05, 0.1) is 49.2 Å². The minimum absolute atomic E-state index is 0. The van der Waals surface area contributed by atoms with Crippen molar-refractivity contribution in [2.45, 2.75) is 129 Å². The third kappa shape index (κ3) is 20.2. The predicted molar refractivity (Wildman–Crippen MR) is 330 cm³/mol. The van der Waals surface area contributed by atoms with Crippen molar-refractivity contribution in [1.82, 2.24) is 19.8 Å². The number of hydrogen-bond acceptors (Lipinski definition) is 12. The van der Waals surface area contributed by atoms with Crippen LogP contribution in [0.3, 0.4) is 0 Å². The molecule has 0 aliphatic heterocycles. The fraction of sp³-hybridized carbons (Fsp3) is 0.286. The Kier molecular flexibility index (Phi) is 28.9. The van der Waals surface area contributed by atoms with Gasteiger partial charge in [0.25, 0.3) is 11.8 Å². The summed E-state index contributed by atoms with van der Waals surface area (Å²) < 4.78 is 31.9. The summed E-state index contributed by atoms with van der Waals surface area (Å²) >= 11 is 0. The molecule has 8 N–H and O–H groups in total. The van der Waals surface area contributed by atoms with E-state index in [1.165, 1.54) is 48.5 Å². The maximum atomic E-state index is 14.1. The Morgan fingerprint density at radius 2 is 0.772 bits per heavy atom. The first kappa shape index (κ1) is 75.1. The van der Waals surface area contributed by atoms with Gasteiger partial charge < -0.3 is 70.2 Å². The van der Waals surface area contributed by atoms with E-state index in [9.17, 15) is 68.2 Å². The fourth-order valence-corrected chi connectivity index (χ4v) is 11.2. The number of aromatic carboxylic acids is 2. The molecule has 0 saturated carbocycles. The minimum atomic E-state index is -1.32. The summed E-state index contributed by atoms with van der Waals surface area (Å²) in [6, 6.07) is 42.2. The molecule has 0 aliphatic rings. The average molecular weight is 1280 g/mol. The van der Waals surface area contributed by atoms with Crippen LogP contribution in [0.4, 0.5) is 8.78 Å². The first-order valence-corrected chi connectivity index (χ1v) is 29.4. The number of aliphatic hydroxyl groups is 4. The maximum absolute atomic E-state index is 14.1. The van der Waals surface area contributed by atoms with Gasteiger partial charge >= 0.3 is 71.1 Å². The Bertz CT molecular complexity index is 3560. The van der Waals surface area contributed by atoms with Gasteiger partial charge in [-0.05, 0) is 147 Å². The second kappa shape index (κ2) is 35.4. The van der Waals surface area contributed by atoms with Crippen LogP contribution in [0.15, 0.2) is 158 Å². The van der Waals surface area contributed by atoms with E-state index < -0.39 is 84.6 Å². The molecule has 4 atom stereocenters. The maximum Gasteiger partial charge on any atom is 1.00 e. The summed E-state index contributed by atoms with van der Waals surface area (Å²) in [6.45, 7) is 7.75. The van der Waals surface area contributed by atoms with Gasteiger partial charge in [0.1, 0.15) is 23.0 Å². The zero-order valence-electron chi connectivity index (χ0n) is 52.1. The van der Waals surface area contributed by atoms with Crippen molar-refractivity contribution in [3.8, 4) is 44.5 Å². The van der Waals surface area contributed by atoms with Crippen molar-refractivity contribution in [2.24, 2.45) is 0 Å². The number of nitrogens with one attached hydrogen (secondary N) is 2. The third-order valence-corrected chi connectivity index (χ3v) is 15.0. The zero-order chi connectivity index (χ0) is 65.3. The number of amides is 2. The molecule has 2 heterocycles. The van der Waals surface area contributed by atoms with Gasteiger partial charge in [0.15, 0.2) is 0 Å². The van der Waals surface area contributed by atoms with E-state index in [-0.39, 0.29) is 134 Å². The summed E-state index contributed by atoms with van der Waals surface area (Å²) in [7, 11) is 0. The van der Waals surface area contributed by atoms with Crippen molar-refractivity contribution in [3.63, 3.8) is 0 Å².